The van der Waals surface area contributed by atoms with E-state index in [1.807, 2.05) is 0 Å². The number of halogens is 6. The number of hydrogen-bond acceptors (Lipinski definition) is 0. The molecule has 0 rings (SSSR count). The van der Waals surface area contributed by atoms with Crippen molar-refractivity contribution in [3.8, 4) is 0 Å². The monoisotopic (exact) mass is 513 g/mol. The summed E-state index contributed by atoms with van der Waals surface area (Å²) in [6, 6.07) is 0. The van der Waals surface area contributed by atoms with Crippen LogP contribution >= 0.6 is 7.81 Å². The van der Waals surface area contributed by atoms with Crippen LogP contribution in [-0.2, 0) is 0 Å². The van der Waals surface area contributed by atoms with Gasteiger partial charge in [0.15, 0.2) is 0 Å². The quantitative estimate of drug-likeness (QED) is 0.0898. The Morgan fingerprint density at radius 2 is 0.606 bits per heavy atom. The number of unbranched alkanes of at least 4 members (excludes halogenated alkanes) is 15. The van der Waals surface area contributed by atoms with Crippen molar-refractivity contribution in [2.24, 2.45) is 0 Å². The van der Waals surface area contributed by atoms with Gasteiger partial charge < -0.3 is 5.73 Å². The fourth-order valence-corrected chi connectivity index (χ4v) is 4.22. The van der Waals surface area contributed by atoms with Crippen LogP contribution in [0.25, 0.3) is 0 Å². The van der Waals surface area contributed by atoms with Crippen LogP contribution in [0.2, 0.25) is 0 Å². The molecule has 206 valence electrons. The molecule has 0 spiro atoms. The van der Waals surface area contributed by atoms with E-state index in [1.54, 1.807) is 0 Å². The second-order valence-corrected chi connectivity index (χ2v) is 11.9. The molecule has 0 radical (unpaired) electrons. The Kier molecular flexibility index (Phi) is 18.5. The number of hydrogen-bond donors (Lipinski definition) is 1. The Morgan fingerprint density at radius 1 is 0.424 bits per heavy atom. The third kappa shape index (κ3) is 39.5. The maximum absolute atomic E-state index is 10.7. The zero-order valence-corrected chi connectivity index (χ0v) is 22.7. The van der Waals surface area contributed by atoms with Crippen LogP contribution in [0.15, 0.2) is 0 Å². The summed E-state index contributed by atoms with van der Waals surface area (Å²) in [7, 11) is -10.7. The van der Waals surface area contributed by atoms with Crippen LogP contribution in [0.1, 0.15) is 156 Å². The van der Waals surface area contributed by atoms with Crippen molar-refractivity contribution in [1.29, 1.82) is 0 Å². The van der Waals surface area contributed by atoms with Crippen LogP contribution in [0.4, 0.5) is 25.2 Å². The Bertz CT molecular complexity index is 386. The summed E-state index contributed by atoms with van der Waals surface area (Å²) in [4.78, 5) is 0. The molecule has 0 saturated heterocycles. The molecular formula is C25H54F6NP. The molecule has 0 aromatic rings. The van der Waals surface area contributed by atoms with E-state index in [0.717, 1.165) is 0 Å². The predicted molar refractivity (Wildman–Crippen MR) is 133 cm³/mol. The Hall–Kier alpha value is -0.0300. The van der Waals surface area contributed by atoms with E-state index in [2.05, 4.69) is 20.8 Å². The molecule has 0 aliphatic heterocycles. The third-order valence-corrected chi connectivity index (χ3v) is 6.18. The van der Waals surface area contributed by atoms with E-state index < -0.39 is 7.81 Å². The van der Waals surface area contributed by atoms with Gasteiger partial charge in [-0.3, -0.25) is 0 Å². The normalized spacial score (nSPS) is 14.4. The van der Waals surface area contributed by atoms with E-state index in [4.69, 9.17) is 5.73 Å². The first-order valence-corrected chi connectivity index (χ1v) is 15.6. The van der Waals surface area contributed by atoms with E-state index in [1.165, 1.54) is 135 Å². The van der Waals surface area contributed by atoms with Gasteiger partial charge in [0, 0.05) is 19.3 Å². The zero-order valence-electron chi connectivity index (χ0n) is 21.8. The minimum atomic E-state index is -10.7. The predicted octanol–water partition coefficient (Wildman–Crippen LogP) is 11.6. The molecule has 33 heavy (non-hydrogen) atoms. The zero-order chi connectivity index (χ0) is 25.8. The summed E-state index contributed by atoms with van der Waals surface area (Å²) in [5.74, 6) is 0. The molecule has 3 N–H and O–H groups in total. The van der Waals surface area contributed by atoms with Crippen LogP contribution < -0.4 is 5.73 Å². The number of rotatable bonds is 21. The Labute approximate surface area is 200 Å². The SMILES string of the molecule is CCCCCCCCC([NH3+])(CCCCCCCC)CCCCCCCC.F[P-](F)(F)(F)(F)F. The van der Waals surface area contributed by atoms with Crippen molar-refractivity contribution in [1.82, 2.24) is 0 Å². The summed E-state index contributed by atoms with van der Waals surface area (Å²) in [5, 5.41) is 0. The van der Waals surface area contributed by atoms with E-state index in [-0.39, 0.29) is 0 Å². The summed E-state index contributed by atoms with van der Waals surface area (Å²) < 4.78 is 59.2. The summed E-state index contributed by atoms with van der Waals surface area (Å²) in [5.41, 5.74) is 5.16. The molecule has 0 unspecified atom stereocenters. The molecule has 0 bridgehead atoms. The van der Waals surface area contributed by atoms with Gasteiger partial charge in [-0.1, -0.05) is 117 Å². The van der Waals surface area contributed by atoms with Gasteiger partial charge in [0.1, 0.15) is 0 Å². The first kappa shape index (κ1) is 35.1. The molecule has 0 aliphatic rings. The van der Waals surface area contributed by atoms with Crippen molar-refractivity contribution in [2.75, 3.05) is 0 Å². The van der Waals surface area contributed by atoms with Gasteiger partial charge in [-0.2, -0.15) is 0 Å². The van der Waals surface area contributed by atoms with Crippen molar-refractivity contribution in [3.05, 3.63) is 0 Å². The molecule has 0 fully saturated rings. The first-order chi connectivity index (χ1) is 15.1. The molecule has 0 aromatic heterocycles. The Morgan fingerprint density at radius 3 is 0.818 bits per heavy atom. The van der Waals surface area contributed by atoms with Crippen molar-refractivity contribution >= 4 is 7.81 Å². The van der Waals surface area contributed by atoms with E-state index in [9.17, 15) is 25.2 Å². The second-order valence-electron chi connectivity index (χ2n) is 10.0. The van der Waals surface area contributed by atoms with Crippen molar-refractivity contribution in [3.63, 3.8) is 0 Å². The average Bonchev–Trinajstić information content (AvgIpc) is 2.68. The molecule has 0 aromatic carbocycles. The first-order valence-electron chi connectivity index (χ1n) is 13.5. The summed E-state index contributed by atoms with van der Waals surface area (Å²) >= 11 is 0. The summed E-state index contributed by atoms with van der Waals surface area (Å²) in [6.07, 6.45) is 29.7. The van der Waals surface area contributed by atoms with Crippen molar-refractivity contribution < 1.29 is 30.9 Å². The standard InChI is InChI=1S/C25H53N.F6P/c1-4-7-10-13-16-19-22-25(26,23-20-17-14-11-8-5-2)24-21-18-15-12-9-6-3;1-7(2,3,4,5)6/h4-24,26H2,1-3H3;/q;-1/p+1. The van der Waals surface area contributed by atoms with E-state index >= 15 is 0 Å². The molecule has 1 nitrogen and oxygen atoms in total. The molecule has 0 saturated carbocycles. The van der Waals surface area contributed by atoms with Crippen LogP contribution in [-0.4, -0.2) is 5.54 Å². The fourth-order valence-electron chi connectivity index (χ4n) is 4.22. The van der Waals surface area contributed by atoms with E-state index in [0.29, 0.717) is 5.54 Å². The molecule has 0 amide bonds. The van der Waals surface area contributed by atoms with Crippen LogP contribution in [0, 0.1) is 0 Å². The molecule has 0 atom stereocenters. The van der Waals surface area contributed by atoms with Crippen molar-refractivity contribution in [2.45, 2.75) is 161 Å². The topological polar surface area (TPSA) is 27.6 Å². The fraction of sp³-hybridized carbons (Fsp3) is 1.00. The maximum atomic E-state index is 9.87. The summed E-state index contributed by atoms with van der Waals surface area (Å²) in [6.45, 7) is 6.92. The van der Waals surface area contributed by atoms with Gasteiger partial charge in [0.25, 0.3) is 0 Å². The van der Waals surface area contributed by atoms with Gasteiger partial charge in [-0.05, 0) is 19.3 Å². The molecule has 0 heterocycles. The van der Waals surface area contributed by atoms with Gasteiger partial charge in [-0.15, -0.1) is 0 Å². The molecular weight excluding hydrogens is 459 g/mol. The van der Waals surface area contributed by atoms with Gasteiger partial charge in [0.05, 0.1) is 5.54 Å². The molecule has 0 aliphatic carbocycles. The van der Waals surface area contributed by atoms with Gasteiger partial charge in [-0.25, -0.2) is 0 Å². The van der Waals surface area contributed by atoms with Crippen LogP contribution in [0.3, 0.4) is 0 Å². The minimum absolute atomic E-state index is 0.389. The second kappa shape index (κ2) is 17.4. The van der Waals surface area contributed by atoms with Crippen LogP contribution in [0.5, 0.6) is 0 Å². The van der Waals surface area contributed by atoms with Gasteiger partial charge >= 0.3 is 33.0 Å². The third-order valence-electron chi connectivity index (χ3n) is 6.18. The van der Waals surface area contributed by atoms with Gasteiger partial charge in [0.2, 0.25) is 0 Å². The number of quaternary nitrogens is 1. The molecule has 8 heteroatoms. The Balaban J connectivity index is 0. The average molecular weight is 514 g/mol.